The van der Waals surface area contributed by atoms with Gasteiger partial charge in [-0.3, -0.25) is 4.90 Å². The van der Waals surface area contributed by atoms with Gasteiger partial charge in [0.1, 0.15) is 0 Å². The number of fused-ring (bicyclic) bond motifs is 1. The zero-order chi connectivity index (χ0) is 19.3. The number of nitrogens with zero attached hydrogens (tertiary/aromatic N) is 1. The lowest BCUT2D eigenvalue weighted by molar-refractivity contribution is 0.174. The largest absolute Gasteiger partial charge is 0.454 e. The Bertz CT molecular complexity index is 837. The smallest absolute Gasteiger partial charge is 0.319 e. The second kappa shape index (κ2) is 8.71. The topological polar surface area (TPSA) is 62.8 Å². The van der Waals surface area contributed by atoms with Crippen LogP contribution in [-0.4, -0.2) is 37.4 Å². The minimum absolute atomic E-state index is 0.197. The summed E-state index contributed by atoms with van der Waals surface area (Å²) in [5.41, 5.74) is 1.86. The first-order chi connectivity index (χ1) is 13.7. The van der Waals surface area contributed by atoms with Crippen molar-refractivity contribution in [1.82, 2.24) is 10.2 Å². The summed E-state index contributed by atoms with van der Waals surface area (Å²) in [7, 11) is 0. The zero-order valence-corrected chi connectivity index (χ0v) is 16.4. The highest BCUT2D eigenvalue weighted by Crippen LogP contribution is 2.34. The Morgan fingerprint density at radius 1 is 1.11 bits per heavy atom. The van der Waals surface area contributed by atoms with Gasteiger partial charge in [0.05, 0.1) is 0 Å². The van der Waals surface area contributed by atoms with E-state index in [0.717, 1.165) is 37.5 Å². The molecule has 2 heterocycles. The molecule has 4 rings (SSSR count). The summed E-state index contributed by atoms with van der Waals surface area (Å²) in [4.78, 5) is 14.6. The lowest BCUT2D eigenvalue weighted by Crippen LogP contribution is -2.39. The van der Waals surface area contributed by atoms with Gasteiger partial charge in [-0.05, 0) is 55.6 Å². The molecule has 0 saturated carbocycles. The number of urea groups is 1. The maximum Gasteiger partial charge on any atom is 0.319 e. The number of hydrogen-bond acceptors (Lipinski definition) is 4. The molecule has 2 aromatic rings. The zero-order valence-electron chi connectivity index (χ0n) is 15.6. The van der Waals surface area contributed by atoms with Crippen molar-refractivity contribution in [3.8, 4) is 11.5 Å². The lowest BCUT2D eigenvalue weighted by atomic mass is 9.96. The third kappa shape index (κ3) is 4.69. The molecule has 148 valence electrons. The molecule has 28 heavy (non-hydrogen) atoms. The Balaban J connectivity index is 1.19. The van der Waals surface area contributed by atoms with Crippen molar-refractivity contribution < 1.29 is 14.3 Å². The van der Waals surface area contributed by atoms with Gasteiger partial charge in [-0.2, -0.15) is 0 Å². The van der Waals surface area contributed by atoms with Crippen molar-refractivity contribution in [3.63, 3.8) is 0 Å². The van der Waals surface area contributed by atoms with E-state index in [2.05, 4.69) is 21.6 Å². The molecule has 1 saturated heterocycles. The first-order valence-electron chi connectivity index (χ1n) is 9.57. The minimum Gasteiger partial charge on any atom is -0.454 e. The average molecular weight is 402 g/mol. The van der Waals surface area contributed by atoms with E-state index in [-0.39, 0.29) is 12.8 Å². The Morgan fingerprint density at radius 3 is 2.71 bits per heavy atom. The van der Waals surface area contributed by atoms with E-state index in [0.29, 0.717) is 29.6 Å². The van der Waals surface area contributed by atoms with Crippen LogP contribution in [0.3, 0.4) is 0 Å². The van der Waals surface area contributed by atoms with Crippen LogP contribution in [0.25, 0.3) is 0 Å². The van der Waals surface area contributed by atoms with E-state index in [9.17, 15) is 4.79 Å². The van der Waals surface area contributed by atoms with Gasteiger partial charge in [0.15, 0.2) is 11.5 Å². The van der Waals surface area contributed by atoms with Crippen molar-refractivity contribution in [2.24, 2.45) is 5.92 Å². The van der Waals surface area contributed by atoms with Crippen molar-refractivity contribution in [1.29, 1.82) is 0 Å². The lowest BCUT2D eigenvalue weighted by Gasteiger charge is -2.32. The Labute approximate surface area is 169 Å². The van der Waals surface area contributed by atoms with Crippen molar-refractivity contribution in [2.75, 3.05) is 31.7 Å². The number of carbonyl (C=O) groups excluding carboxylic acids is 1. The van der Waals surface area contributed by atoms with Crippen LogP contribution < -0.4 is 20.1 Å². The highest BCUT2D eigenvalue weighted by molar-refractivity contribution is 6.31. The number of halogens is 1. The Morgan fingerprint density at radius 2 is 1.89 bits per heavy atom. The number of hydrogen-bond donors (Lipinski definition) is 2. The van der Waals surface area contributed by atoms with Crippen molar-refractivity contribution in [3.05, 3.63) is 53.1 Å². The molecule has 2 amide bonds. The van der Waals surface area contributed by atoms with E-state index in [1.807, 2.05) is 18.2 Å². The monoisotopic (exact) mass is 401 g/mol. The summed E-state index contributed by atoms with van der Waals surface area (Å²) in [6.45, 7) is 3.81. The Kier molecular flexibility index (Phi) is 5.88. The predicted octanol–water partition coefficient (Wildman–Crippen LogP) is 4.10. The summed E-state index contributed by atoms with van der Waals surface area (Å²) in [6, 6.07) is 13.2. The average Bonchev–Trinajstić information content (AvgIpc) is 3.17. The number of rotatable bonds is 5. The number of ether oxygens (including phenoxy) is 2. The summed E-state index contributed by atoms with van der Waals surface area (Å²) in [6.07, 6.45) is 2.13. The molecule has 1 fully saturated rings. The molecule has 0 atom stereocenters. The highest BCUT2D eigenvalue weighted by Gasteiger charge is 2.20. The molecule has 2 N–H and O–H groups in total. The van der Waals surface area contributed by atoms with Gasteiger partial charge in [-0.1, -0.05) is 29.8 Å². The summed E-state index contributed by atoms with van der Waals surface area (Å²) in [5.74, 6) is 1.85. The molecule has 6 nitrogen and oxygen atoms in total. The number of benzene rings is 2. The molecular weight excluding hydrogens is 378 g/mol. The molecule has 0 aliphatic carbocycles. The SMILES string of the molecule is O=C(NCC1CCN(Cc2ccccc2Cl)CC1)Nc1ccc2c(c1)OCO2. The number of carbonyl (C=O) groups is 1. The van der Waals surface area contributed by atoms with Crippen molar-refractivity contribution in [2.45, 2.75) is 19.4 Å². The van der Waals surface area contributed by atoms with Gasteiger partial charge in [0.25, 0.3) is 0 Å². The molecular formula is C21H24ClN3O3. The minimum atomic E-state index is -0.197. The third-order valence-corrected chi connectivity index (χ3v) is 5.61. The van der Waals surface area contributed by atoms with Gasteiger partial charge >= 0.3 is 6.03 Å². The molecule has 0 bridgehead atoms. The molecule has 0 spiro atoms. The van der Waals surface area contributed by atoms with E-state index in [1.54, 1.807) is 18.2 Å². The highest BCUT2D eigenvalue weighted by atomic mass is 35.5. The first kappa shape index (κ1) is 18.9. The predicted molar refractivity (Wildman–Crippen MR) is 109 cm³/mol. The van der Waals surface area contributed by atoms with Gasteiger partial charge in [-0.15, -0.1) is 0 Å². The summed E-state index contributed by atoms with van der Waals surface area (Å²) in [5, 5.41) is 6.65. The van der Waals surface area contributed by atoms with Crippen LogP contribution in [0, 0.1) is 5.92 Å². The fraction of sp³-hybridized carbons (Fsp3) is 0.381. The van der Waals surface area contributed by atoms with Crippen LogP contribution in [0.4, 0.5) is 10.5 Å². The van der Waals surface area contributed by atoms with E-state index in [1.165, 1.54) is 5.56 Å². The Hall–Kier alpha value is -2.44. The number of likely N-dealkylation sites (tertiary alicyclic amines) is 1. The van der Waals surface area contributed by atoms with Crippen LogP contribution >= 0.6 is 11.6 Å². The van der Waals surface area contributed by atoms with Crippen LogP contribution in [0.15, 0.2) is 42.5 Å². The van der Waals surface area contributed by atoms with Gasteiger partial charge in [0.2, 0.25) is 6.79 Å². The number of anilines is 1. The quantitative estimate of drug-likeness (QED) is 0.791. The molecule has 0 radical (unpaired) electrons. The summed E-state index contributed by atoms with van der Waals surface area (Å²) < 4.78 is 10.6. The molecule has 2 aliphatic rings. The second-order valence-corrected chi connectivity index (χ2v) is 7.62. The van der Waals surface area contributed by atoms with Gasteiger partial charge in [0, 0.05) is 29.9 Å². The second-order valence-electron chi connectivity index (χ2n) is 7.21. The fourth-order valence-corrected chi connectivity index (χ4v) is 3.80. The van der Waals surface area contributed by atoms with Crippen LogP contribution in [-0.2, 0) is 6.54 Å². The van der Waals surface area contributed by atoms with Gasteiger partial charge in [-0.25, -0.2) is 4.79 Å². The van der Waals surface area contributed by atoms with Crippen LogP contribution in [0.2, 0.25) is 5.02 Å². The normalized spacial score (nSPS) is 16.8. The maximum absolute atomic E-state index is 12.2. The van der Waals surface area contributed by atoms with E-state index in [4.69, 9.17) is 21.1 Å². The third-order valence-electron chi connectivity index (χ3n) is 5.24. The first-order valence-corrected chi connectivity index (χ1v) is 9.95. The fourth-order valence-electron chi connectivity index (χ4n) is 3.60. The standard InChI is InChI=1S/C21H24ClN3O3/c22-18-4-2-1-3-16(18)13-25-9-7-15(8-10-25)12-23-21(26)24-17-5-6-19-20(11-17)28-14-27-19/h1-6,11,15H,7-10,12-14H2,(H2,23,24,26). The molecule has 0 unspecified atom stereocenters. The molecule has 2 aromatic carbocycles. The maximum atomic E-state index is 12.2. The molecule has 2 aliphatic heterocycles. The van der Waals surface area contributed by atoms with Crippen molar-refractivity contribution >= 4 is 23.3 Å². The van der Waals surface area contributed by atoms with Crippen LogP contribution in [0.5, 0.6) is 11.5 Å². The molecule has 0 aromatic heterocycles. The summed E-state index contributed by atoms with van der Waals surface area (Å²) >= 11 is 6.26. The number of piperidine rings is 1. The van der Waals surface area contributed by atoms with Gasteiger partial charge < -0.3 is 20.1 Å². The van der Waals surface area contributed by atoms with E-state index >= 15 is 0 Å². The number of nitrogens with one attached hydrogen (secondary N) is 2. The van der Waals surface area contributed by atoms with E-state index < -0.39 is 0 Å². The molecule has 7 heteroatoms. The van der Waals surface area contributed by atoms with Crippen LogP contribution in [0.1, 0.15) is 18.4 Å². The number of amides is 2.